The monoisotopic (exact) mass is 340 g/mol. The Morgan fingerprint density at radius 3 is 2.25 bits per heavy atom. The average Bonchev–Trinajstić information content (AvgIpc) is 2.46. The van der Waals surface area contributed by atoms with Crippen LogP contribution in [0.25, 0.3) is 0 Å². The van der Waals surface area contributed by atoms with Gasteiger partial charge in [0.05, 0.1) is 6.42 Å². The van der Waals surface area contributed by atoms with Gasteiger partial charge in [-0.15, -0.1) is 0 Å². The van der Waals surface area contributed by atoms with Crippen molar-refractivity contribution in [3.8, 4) is 0 Å². The second-order valence-corrected chi connectivity index (χ2v) is 5.64. The summed E-state index contributed by atoms with van der Waals surface area (Å²) in [5.41, 5.74) is 0.971. The van der Waals surface area contributed by atoms with Crippen molar-refractivity contribution in [3.05, 3.63) is 34.3 Å². The lowest BCUT2D eigenvalue weighted by Gasteiger charge is -2.34. The minimum Gasteiger partial charge on any atom is -0.387 e. The molecule has 0 saturated carbocycles. The summed E-state index contributed by atoms with van der Waals surface area (Å²) in [6.45, 7) is 1.57. The summed E-state index contributed by atoms with van der Waals surface area (Å²) in [5, 5.41) is 8.81. The molecule has 1 heterocycles. The van der Waals surface area contributed by atoms with Crippen LogP contribution in [0.3, 0.4) is 0 Å². The Bertz CT molecular complexity index is 499. The molecule has 1 fully saturated rings. The molecule has 1 aromatic rings. The van der Waals surface area contributed by atoms with Crippen LogP contribution >= 0.6 is 15.9 Å². The first-order chi connectivity index (χ1) is 9.60. The maximum Gasteiger partial charge on any atom is 0.248 e. The van der Waals surface area contributed by atoms with E-state index in [0.717, 1.165) is 10.0 Å². The van der Waals surface area contributed by atoms with E-state index >= 15 is 0 Å². The van der Waals surface area contributed by atoms with Crippen LogP contribution in [0.5, 0.6) is 0 Å². The van der Waals surface area contributed by atoms with Gasteiger partial charge in [-0.05, 0) is 17.7 Å². The molecule has 1 saturated heterocycles. The molecule has 1 aliphatic heterocycles. The number of aliphatic hydroxyl groups excluding tert-OH is 1. The Labute approximate surface area is 126 Å². The van der Waals surface area contributed by atoms with Gasteiger partial charge in [0.25, 0.3) is 0 Å². The lowest BCUT2D eigenvalue weighted by molar-refractivity contribution is -0.140. The molecule has 0 bridgehead atoms. The maximum atomic E-state index is 12.2. The van der Waals surface area contributed by atoms with Crippen LogP contribution in [0, 0.1) is 0 Å². The zero-order valence-electron chi connectivity index (χ0n) is 11.1. The van der Waals surface area contributed by atoms with Gasteiger partial charge in [0, 0.05) is 30.7 Å². The zero-order chi connectivity index (χ0) is 14.5. The minimum atomic E-state index is -0.466. The van der Waals surface area contributed by atoms with Gasteiger partial charge in [-0.2, -0.15) is 0 Å². The standard InChI is InChI=1S/C14H17BrN2O3/c15-12-3-1-2-11(8-12)9-13(19)16-4-6-17(7-5-16)14(20)10-18/h1-3,8,18H,4-7,9-10H2. The van der Waals surface area contributed by atoms with Gasteiger partial charge in [0.1, 0.15) is 6.61 Å². The van der Waals surface area contributed by atoms with Gasteiger partial charge in [0.2, 0.25) is 11.8 Å². The summed E-state index contributed by atoms with van der Waals surface area (Å²) in [4.78, 5) is 26.9. The number of benzene rings is 1. The molecule has 0 atom stereocenters. The highest BCUT2D eigenvalue weighted by Gasteiger charge is 2.23. The van der Waals surface area contributed by atoms with Gasteiger partial charge in [0.15, 0.2) is 0 Å². The number of piperazine rings is 1. The predicted molar refractivity (Wildman–Crippen MR) is 78.1 cm³/mol. The van der Waals surface area contributed by atoms with Gasteiger partial charge < -0.3 is 14.9 Å². The van der Waals surface area contributed by atoms with Crippen LogP contribution in [0.1, 0.15) is 5.56 Å². The minimum absolute atomic E-state index is 0.0687. The summed E-state index contributed by atoms with van der Waals surface area (Å²) in [7, 11) is 0. The second kappa shape index (κ2) is 6.85. The van der Waals surface area contributed by atoms with E-state index in [2.05, 4.69) is 15.9 Å². The van der Waals surface area contributed by atoms with E-state index < -0.39 is 6.61 Å². The van der Waals surface area contributed by atoms with Crippen molar-refractivity contribution < 1.29 is 14.7 Å². The van der Waals surface area contributed by atoms with Crippen molar-refractivity contribution >= 4 is 27.7 Å². The predicted octanol–water partition coefficient (Wildman–Crippen LogP) is 0.655. The summed E-state index contributed by atoms with van der Waals surface area (Å²) in [6, 6.07) is 7.69. The SMILES string of the molecule is O=C(CO)N1CCN(C(=O)Cc2cccc(Br)c2)CC1. The number of halogens is 1. The molecule has 1 N–H and O–H groups in total. The third-order valence-electron chi connectivity index (χ3n) is 3.36. The van der Waals surface area contributed by atoms with Crippen molar-refractivity contribution in [1.29, 1.82) is 0 Å². The fraction of sp³-hybridized carbons (Fsp3) is 0.429. The molecule has 0 unspecified atom stereocenters. The Morgan fingerprint density at radius 1 is 1.10 bits per heavy atom. The highest BCUT2D eigenvalue weighted by atomic mass is 79.9. The lowest BCUT2D eigenvalue weighted by atomic mass is 10.1. The molecule has 2 amide bonds. The van der Waals surface area contributed by atoms with E-state index in [1.807, 2.05) is 24.3 Å². The number of nitrogens with zero attached hydrogens (tertiary/aromatic N) is 2. The molecule has 20 heavy (non-hydrogen) atoms. The van der Waals surface area contributed by atoms with Crippen molar-refractivity contribution in [2.75, 3.05) is 32.8 Å². The highest BCUT2D eigenvalue weighted by Crippen LogP contribution is 2.13. The molecule has 0 radical (unpaired) electrons. The number of carbonyl (C=O) groups is 2. The average molecular weight is 341 g/mol. The topological polar surface area (TPSA) is 60.9 Å². The molecule has 1 aromatic carbocycles. The first-order valence-electron chi connectivity index (χ1n) is 6.51. The zero-order valence-corrected chi connectivity index (χ0v) is 12.7. The third-order valence-corrected chi connectivity index (χ3v) is 3.86. The van der Waals surface area contributed by atoms with Gasteiger partial charge in [-0.3, -0.25) is 9.59 Å². The lowest BCUT2D eigenvalue weighted by Crippen LogP contribution is -2.51. The van der Waals surface area contributed by atoms with Crippen LogP contribution in [0.15, 0.2) is 28.7 Å². The third kappa shape index (κ3) is 3.80. The molecule has 108 valence electrons. The van der Waals surface area contributed by atoms with Crippen LogP contribution in [0.2, 0.25) is 0 Å². The number of carbonyl (C=O) groups excluding carboxylic acids is 2. The van der Waals surface area contributed by atoms with Crippen molar-refractivity contribution in [2.45, 2.75) is 6.42 Å². The van der Waals surface area contributed by atoms with Crippen molar-refractivity contribution in [2.24, 2.45) is 0 Å². The Hall–Kier alpha value is -1.40. The Morgan fingerprint density at radius 2 is 1.70 bits per heavy atom. The van der Waals surface area contributed by atoms with Crippen molar-refractivity contribution in [3.63, 3.8) is 0 Å². The molecular formula is C14H17BrN2O3. The number of amides is 2. The molecular weight excluding hydrogens is 324 g/mol. The summed E-state index contributed by atoms with van der Waals surface area (Å²) in [6.07, 6.45) is 0.368. The molecule has 1 aliphatic rings. The van der Waals surface area contributed by atoms with E-state index in [0.29, 0.717) is 32.6 Å². The van der Waals surface area contributed by atoms with Crippen LogP contribution < -0.4 is 0 Å². The van der Waals surface area contributed by atoms with Gasteiger partial charge in [-0.1, -0.05) is 28.1 Å². The number of hydrogen-bond acceptors (Lipinski definition) is 3. The fourth-order valence-corrected chi connectivity index (χ4v) is 2.69. The number of rotatable bonds is 3. The van der Waals surface area contributed by atoms with E-state index in [-0.39, 0.29) is 11.8 Å². The fourth-order valence-electron chi connectivity index (χ4n) is 2.24. The molecule has 0 spiro atoms. The quantitative estimate of drug-likeness (QED) is 0.879. The highest BCUT2D eigenvalue weighted by molar-refractivity contribution is 9.10. The van der Waals surface area contributed by atoms with E-state index in [1.165, 1.54) is 0 Å². The number of aliphatic hydroxyl groups is 1. The van der Waals surface area contributed by atoms with Gasteiger partial charge >= 0.3 is 0 Å². The smallest absolute Gasteiger partial charge is 0.248 e. The van der Waals surface area contributed by atoms with Crippen LogP contribution in [-0.4, -0.2) is 59.5 Å². The van der Waals surface area contributed by atoms with E-state index in [9.17, 15) is 9.59 Å². The second-order valence-electron chi connectivity index (χ2n) is 4.73. The largest absolute Gasteiger partial charge is 0.387 e. The Kier molecular flexibility index (Phi) is 5.14. The first-order valence-corrected chi connectivity index (χ1v) is 7.30. The molecule has 6 heteroatoms. The summed E-state index contributed by atoms with van der Waals surface area (Å²) < 4.78 is 0.959. The Balaban J connectivity index is 1.87. The normalized spacial score (nSPS) is 15.3. The van der Waals surface area contributed by atoms with E-state index in [1.54, 1.807) is 9.80 Å². The molecule has 0 aromatic heterocycles. The van der Waals surface area contributed by atoms with Crippen molar-refractivity contribution in [1.82, 2.24) is 9.80 Å². The first kappa shape index (κ1) is 15.0. The maximum absolute atomic E-state index is 12.2. The van der Waals surface area contributed by atoms with Crippen LogP contribution in [-0.2, 0) is 16.0 Å². The number of hydrogen-bond donors (Lipinski definition) is 1. The molecule has 0 aliphatic carbocycles. The molecule has 2 rings (SSSR count). The summed E-state index contributed by atoms with van der Waals surface area (Å²) >= 11 is 3.39. The summed E-state index contributed by atoms with van der Waals surface area (Å²) in [5.74, 6) is -0.205. The van der Waals surface area contributed by atoms with Gasteiger partial charge in [-0.25, -0.2) is 0 Å². The van der Waals surface area contributed by atoms with Crippen LogP contribution in [0.4, 0.5) is 0 Å². The molecule has 5 nitrogen and oxygen atoms in total. The van der Waals surface area contributed by atoms with E-state index in [4.69, 9.17) is 5.11 Å².